The lowest BCUT2D eigenvalue weighted by Crippen LogP contribution is -2.54. The van der Waals surface area contributed by atoms with Crippen LogP contribution in [0.25, 0.3) is 0 Å². The molecule has 1 aliphatic rings. The van der Waals surface area contributed by atoms with Gasteiger partial charge in [-0.2, -0.15) is 0 Å². The number of nitrogens with two attached hydrogens (primary N) is 1. The fourth-order valence-corrected chi connectivity index (χ4v) is 2.59. The number of carbonyl (C=O) groups is 1. The van der Waals surface area contributed by atoms with Crippen molar-refractivity contribution in [3.8, 4) is 0 Å². The van der Waals surface area contributed by atoms with E-state index in [0.717, 1.165) is 25.4 Å². The molecule has 1 aromatic carbocycles. The lowest BCUT2D eigenvalue weighted by molar-refractivity contribution is -0.144. The van der Waals surface area contributed by atoms with Gasteiger partial charge in [-0.15, -0.1) is 0 Å². The van der Waals surface area contributed by atoms with E-state index < -0.39 is 11.5 Å². The number of rotatable bonds is 8. The van der Waals surface area contributed by atoms with Gasteiger partial charge in [0.25, 0.3) is 0 Å². The largest absolute Gasteiger partial charge is 0.480 e. The van der Waals surface area contributed by atoms with Crippen LogP contribution in [0.15, 0.2) is 30.3 Å². The zero-order valence-corrected chi connectivity index (χ0v) is 12.1. The summed E-state index contributed by atoms with van der Waals surface area (Å²) >= 11 is 0. The average Bonchev–Trinajstić information content (AvgIpc) is 3.23. The molecule has 4 heteroatoms. The third-order valence-electron chi connectivity index (χ3n) is 3.90. The molecular weight excluding hydrogens is 252 g/mol. The molecule has 0 aliphatic heterocycles. The highest BCUT2D eigenvalue weighted by atomic mass is 16.4. The van der Waals surface area contributed by atoms with E-state index in [1.165, 1.54) is 12.8 Å². The first-order valence-electron chi connectivity index (χ1n) is 7.36. The van der Waals surface area contributed by atoms with Crippen LogP contribution in [0.1, 0.15) is 31.7 Å². The number of hydrogen-bond donors (Lipinski definition) is 2. The van der Waals surface area contributed by atoms with Crippen LogP contribution in [0.5, 0.6) is 0 Å². The topological polar surface area (TPSA) is 66.6 Å². The average molecular weight is 276 g/mol. The van der Waals surface area contributed by atoms with Gasteiger partial charge in [0.1, 0.15) is 0 Å². The maximum Gasteiger partial charge on any atom is 0.329 e. The zero-order valence-electron chi connectivity index (χ0n) is 12.1. The molecule has 0 spiro atoms. The smallest absolute Gasteiger partial charge is 0.329 e. The Hall–Kier alpha value is -1.39. The van der Waals surface area contributed by atoms with Crippen LogP contribution in [0.4, 0.5) is 0 Å². The molecule has 0 radical (unpaired) electrons. The Kier molecular flexibility index (Phi) is 4.78. The minimum Gasteiger partial charge on any atom is -0.480 e. The molecule has 0 amide bonds. The van der Waals surface area contributed by atoms with Gasteiger partial charge in [0.05, 0.1) is 0 Å². The van der Waals surface area contributed by atoms with Crippen LogP contribution < -0.4 is 5.73 Å². The Morgan fingerprint density at radius 2 is 2.05 bits per heavy atom. The van der Waals surface area contributed by atoms with E-state index in [1.807, 2.05) is 18.2 Å². The highest BCUT2D eigenvalue weighted by Crippen LogP contribution is 2.31. The fourth-order valence-electron chi connectivity index (χ4n) is 2.59. The van der Waals surface area contributed by atoms with Gasteiger partial charge in [-0.05, 0) is 37.3 Å². The second-order valence-electron chi connectivity index (χ2n) is 5.82. The first kappa shape index (κ1) is 15.0. The van der Waals surface area contributed by atoms with Crippen LogP contribution in [0.3, 0.4) is 0 Å². The number of carboxylic acids is 1. The minimum atomic E-state index is -1.33. The molecule has 2 rings (SSSR count). The van der Waals surface area contributed by atoms with Crippen molar-refractivity contribution in [2.75, 3.05) is 19.6 Å². The molecule has 0 saturated heterocycles. The Balaban J connectivity index is 2.16. The van der Waals surface area contributed by atoms with Crippen LogP contribution >= 0.6 is 0 Å². The summed E-state index contributed by atoms with van der Waals surface area (Å²) in [6, 6.07) is 9.15. The fraction of sp³-hybridized carbons (Fsp3) is 0.562. The maximum absolute atomic E-state index is 11.7. The molecule has 1 aliphatic carbocycles. The first-order chi connectivity index (χ1) is 9.56. The van der Waals surface area contributed by atoms with Gasteiger partial charge in [-0.3, -0.25) is 0 Å². The first-order valence-corrected chi connectivity index (χ1v) is 7.36. The van der Waals surface area contributed by atoms with Gasteiger partial charge in [0, 0.05) is 13.1 Å². The molecule has 4 nitrogen and oxygen atoms in total. The number of hydrogen-bond acceptors (Lipinski definition) is 3. The van der Waals surface area contributed by atoms with E-state index in [1.54, 1.807) is 12.1 Å². The van der Waals surface area contributed by atoms with Crippen LogP contribution in [-0.2, 0) is 10.3 Å². The number of benzene rings is 1. The molecule has 0 bridgehead atoms. The molecule has 20 heavy (non-hydrogen) atoms. The highest BCUT2D eigenvalue weighted by molar-refractivity contribution is 5.80. The van der Waals surface area contributed by atoms with Crippen molar-refractivity contribution in [3.63, 3.8) is 0 Å². The number of aliphatic carboxylic acids is 1. The van der Waals surface area contributed by atoms with Crippen molar-refractivity contribution in [2.24, 2.45) is 11.7 Å². The molecule has 1 unspecified atom stereocenters. The second kappa shape index (κ2) is 6.37. The van der Waals surface area contributed by atoms with Crippen molar-refractivity contribution in [1.29, 1.82) is 0 Å². The maximum atomic E-state index is 11.7. The standard InChI is InChI=1S/C16H24N2O2/c1-2-10-18(11-13-8-9-13)12-16(17,15(19)20)14-6-4-3-5-7-14/h3-7,13H,2,8-12,17H2,1H3,(H,19,20). The molecule has 1 atom stereocenters. The summed E-state index contributed by atoms with van der Waals surface area (Å²) in [5.41, 5.74) is 5.59. The molecule has 0 heterocycles. The van der Waals surface area contributed by atoms with Gasteiger partial charge in [-0.1, -0.05) is 37.3 Å². The summed E-state index contributed by atoms with van der Waals surface area (Å²) in [5, 5.41) is 9.60. The summed E-state index contributed by atoms with van der Waals surface area (Å²) in [6.45, 7) is 4.35. The van der Waals surface area contributed by atoms with E-state index >= 15 is 0 Å². The van der Waals surface area contributed by atoms with Crippen LogP contribution in [0, 0.1) is 5.92 Å². The van der Waals surface area contributed by atoms with Crippen molar-refractivity contribution in [2.45, 2.75) is 31.7 Å². The van der Waals surface area contributed by atoms with E-state index in [2.05, 4.69) is 11.8 Å². The summed E-state index contributed by atoms with van der Waals surface area (Å²) in [6.07, 6.45) is 3.53. The number of carboxylic acid groups (broad SMARTS) is 1. The van der Waals surface area contributed by atoms with Crippen molar-refractivity contribution in [3.05, 3.63) is 35.9 Å². The molecule has 1 saturated carbocycles. The Morgan fingerprint density at radius 1 is 1.40 bits per heavy atom. The van der Waals surface area contributed by atoms with Crippen molar-refractivity contribution < 1.29 is 9.90 Å². The van der Waals surface area contributed by atoms with Crippen molar-refractivity contribution >= 4 is 5.97 Å². The molecular formula is C16H24N2O2. The van der Waals surface area contributed by atoms with Crippen LogP contribution in [0.2, 0.25) is 0 Å². The van der Waals surface area contributed by atoms with E-state index in [4.69, 9.17) is 5.73 Å². The van der Waals surface area contributed by atoms with E-state index in [-0.39, 0.29) is 0 Å². The molecule has 0 aromatic heterocycles. The Morgan fingerprint density at radius 3 is 2.55 bits per heavy atom. The monoisotopic (exact) mass is 276 g/mol. The number of nitrogens with zero attached hydrogens (tertiary/aromatic N) is 1. The SMILES string of the molecule is CCCN(CC1CC1)CC(N)(C(=O)O)c1ccccc1. The third kappa shape index (κ3) is 3.58. The molecule has 1 fully saturated rings. The summed E-state index contributed by atoms with van der Waals surface area (Å²) < 4.78 is 0. The van der Waals surface area contributed by atoms with E-state index in [0.29, 0.717) is 12.1 Å². The van der Waals surface area contributed by atoms with Gasteiger partial charge in [0.2, 0.25) is 0 Å². The van der Waals surface area contributed by atoms with Gasteiger partial charge in [0.15, 0.2) is 5.54 Å². The Bertz CT molecular complexity index is 445. The van der Waals surface area contributed by atoms with E-state index in [9.17, 15) is 9.90 Å². The summed E-state index contributed by atoms with van der Waals surface area (Å²) in [5.74, 6) is -0.226. The summed E-state index contributed by atoms with van der Waals surface area (Å²) in [4.78, 5) is 13.9. The normalized spacial score (nSPS) is 17.9. The molecule has 3 N–H and O–H groups in total. The van der Waals surface area contributed by atoms with Crippen molar-refractivity contribution in [1.82, 2.24) is 4.90 Å². The van der Waals surface area contributed by atoms with Gasteiger partial charge < -0.3 is 15.7 Å². The van der Waals surface area contributed by atoms with Crippen LogP contribution in [-0.4, -0.2) is 35.6 Å². The third-order valence-corrected chi connectivity index (χ3v) is 3.90. The van der Waals surface area contributed by atoms with Gasteiger partial charge in [-0.25, -0.2) is 4.79 Å². The zero-order chi connectivity index (χ0) is 14.6. The highest BCUT2D eigenvalue weighted by Gasteiger charge is 2.38. The minimum absolute atomic E-state index is 0.372. The van der Waals surface area contributed by atoms with Gasteiger partial charge >= 0.3 is 5.97 Å². The quantitative estimate of drug-likeness (QED) is 0.762. The lowest BCUT2D eigenvalue weighted by Gasteiger charge is -2.32. The lowest BCUT2D eigenvalue weighted by atomic mass is 9.90. The molecule has 1 aromatic rings. The summed E-state index contributed by atoms with van der Waals surface area (Å²) in [7, 11) is 0. The predicted molar refractivity (Wildman–Crippen MR) is 79.4 cm³/mol. The molecule has 110 valence electrons. The second-order valence-corrected chi connectivity index (χ2v) is 5.82. The Labute approximate surface area is 120 Å². The predicted octanol–water partition coefficient (Wildman–Crippen LogP) is 2.05.